The number of hydrogen-bond donors (Lipinski definition) is 1. The minimum Gasteiger partial charge on any atom is -0.333 e. The Morgan fingerprint density at radius 2 is 1.95 bits per heavy atom. The summed E-state index contributed by atoms with van der Waals surface area (Å²) in [5.74, 6) is 0.465. The van der Waals surface area contributed by atoms with E-state index in [0.717, 1.165) is 11.4 Å². The van der Waals surface area contributed by atoms with Gasteiger partial charge in [0.25, 0.3) is 5.91 Å². The fourth-order valence-corrected chi connectivity index (χ4v) is 2.14. The summed E-state index contributed by atoms with van der Waals surface area (Å²) in [5, 5.41) is 2.80. The molecule has 1 N–H and O–H groups in total. The van der Waals surface area contributed by atoms with Crippen molar-refractivity contribution >= 4 is 11.6 Å². The summed E-state index contributed by atoms with van der Waals surface area (Å²) >= 11 is 0. The molecule has 0 saturated carbocycles. The first-order chi connectivity index (χ1) is 10.6. The summed E-state index contributed by atoms with van der Waals surface area (Å²) in [6.07, 6.45) is 6.79. The molecule has 0 radical (unpaired) electrons. The van der Waals surface area contributed by atoms with Crippen molar-refractivity contribution in [2.45, 2.75) is 6.92 Å². The third kappa shape index (κ3) is 2.85. The number of carbonyl (C=O) groups is 1. The Morgan fingerprint density at radius 3 is 2.64 bits per heavy atom. The van der Waals surface area contributed by atoms with Crippen molar-refractivity contribution in [1.29, 1.82) is 0 Å². The monoisotopic (exact) mass is 293 g/mol. The summed E-state index contributed by atoms with van der Waals surface area (Å²) in [7, 11) is 1.89. The lowest BCUT2D eigenvalue weighted by molar-refractivity contribution is 0.102. The Kier molecular flexibility index (Phi) is 3.65. The highest BCUT2D eigenvalue weighted by atomic mass is 16.1. The van der Waals surface area contributed by atoms with E-state index in [4.69, 9.17) is 0 Å². The zero-order chi connectivity index (χ0) is 15.5. The third-order valence-corrected chi connectivity index (χ3v) is 3.19. The van der Waals surface area contributed by atoms with Gasteiger partial charge >= 0.3 is 0 Å². The molecule has 22 heavy (non-hydrogen) atoms. The molecule has 0 spiro atoms. The van der Waals surface area contributed by atoms with E-state index in [1.807, 2.05) is 30.8 Å². The summed E-state index contributed by atoms with van der Waals surface area (Å²) in [5.41, 5.74) is 2.66. The fourth-order valence-electron chi connectivity index (χ4n) is 2.14. The van der Waals surface area contributed by atoms with Crippen molar-refractivity contribution in [3.8, 4) is 11.5 Å². The Balaban J connectivity index is 1.93. The summed E-state index contributed by atoms with van der Waals surface area (Å²) in [6.45, 7) is 1.93. The second kappa shape index (κ2) is 5.77. The first-order valence-corrected chi connectivity index (χ1v) is 6.81. The SMILES string of the molecule is Cc1cc(C(=O)Nc2ccncc2)nc(-c2nccn2C)c1. The molecule has 0 aliphatic carbocycles. The molecule has 3 heterocycles. The molecule has 6 heteroatoms. The van der Waals surface area contributed by atoms with Crippen molar-refractivity contribution in [1.82, 2.24) is 19.5 Å². The number of pyridine rings is 2. The van der Waals surface area contributed by atoms with Crippen LogP contribution in [0.1, 0.15) is 16.1 Å². The number of carbonyl (C=O) groups excluding carboxylic acids is 1. The first-order valence-electron chi connectivity index (χ1n) is 6.81. The smallest absolute Gasteiger partial charge is 0.274 e. The van der Waals surface area contributed by atoms with Crippen LogP contribution in [0.2, 0.25) is 0 Å². The number of amides is 1. The molecule has 0 unspecified atom stereocenters. The van der Waals surface area contributed by atoms with Gasteiger partial charge in [-0.2, -0.15) is 0 Å². The van der Waals surface area contributed by atoms with Crippen molar-refractivity contribution in [3.63, 3.8) is 0 Å². The van der Waals surface area contributed by atoms with E-state index in [9.17, 15) is 4.79 Å². The van der Waals surface area contributed by atoms with Gasteiger partial charge in [0.1, 0.15) is 11.4 Å². The minimum atomic E-state index is -0.259. The van der Waals surface area contributed by atoms with Crippen LogP contribution in [0.15, 0.2) is 49.1 Å². The molecule has 0 bridgehead atoms. The van der Waals surface area contributed by atoms with Crippen LogP contribution >= 0.6 is 0 Å². The van der Waals surface area contributed by atoms with Crippen LogP contribution in [0.4, 0.5) is 5.69 Å². The molecule has 3 aromatic rings. The molecule has 0 aliphatic rings. The normalized spacial score (nSPS) is 10.5. The lowest BCUT2D eigenvalue weighted by Gasteiger charge is -2.08. The zero-order valence-electron chi connectivity index (χ0n) is 12.3. The van der Waals surface area contributed by atoms with E-state index >= 15 is 0 Å². The lowest BCUT2D eigenvalue weighted by Crippen LogP contribution is -2.14. The average Bonchev–Trinajstić information content (AvgIpc) is 2.94. The van der Waals surface area contributed by atoms with Crippen LogP contribution in [0.3, 0.4) is 0 Å². The maximum absolute atomic E-state index is 12.4. The molecule has 0 atom stereocenters. The van der Waals surface area contributed by atoms with Gasteiger partial charge in [-0.15, -0.1) is 0 Å². The molecular weight excluding hydrogens is 278 g/mol. The molecule has 0 saturated heterocycles. The van der Waals surface area contributed by atoms with E-state index in [1.165, 1.54) is 0 Å². The maximum Gasteiger partial charge on any atom is 0.274 e. The van der Waals surface area contributed by atoms with Gasteiger partial charge in [-0.25, -0.2) is 9.97 Å². The average molecular weight is 293 g/mol. The van der Waals surface area contributed by atoms with Gasteiger partial charge in [0.05, 0.1) is 0 Å². The van der Waals surface area contributed by atoms with Crippen LogP contribution in [-0.2, 0) is 7.05 Å². The van der Waals surface area contributed by atoms with E-state index in [0.29, 0.717) is 17.1 Å². The third-order valence-electron chi connectivity index (χ3n) is 3.19. The van der Waals surface area contributed by atoms with Crippen molar-refractivity contribution in [2.75, 3.05) is 5.32 Å². The number of nitrogens with zero attached hydrogens (tertiary/aromatic N) is 4. The van der Waals surface area contributed by atoms with E-state index in [1.54, 1.807) is 36.8 Å². The molecule has 3 aromatic heterocycles. The van der Waals surface area contributed by atoms with Gasteiger partial charge in [-0.1, -0.05) is 0 Å². The molecular formula is C16H15N5O. The van der Waals surface area contributed by atoms with Gasteiger partial charge in [-0.05, 0) is 36.8 Å². The molecule has 0 aliphatic heterocycles. The second-order valence-electron chi connectivity index (χ2n) is 4.97. The number of nitrogens with one attached hydrogen (secondary N) is 1. The second-order valence-corrected chi connectivity index (χ2v) is 4.97. The molecule has 6 nitrogen and oxygen atoms in total. The van der Waals surface area contributed by atoms with Crippen molar-refractivity contribution in [3.05, 3.63) is 60.3 Å². The van der Waals surface area contributed by atoms with Crippen LogP contribution in [0.5, 0.6) is 0 Å². The number of anilines is 1. The Morgan fingerprint density at radius 1 is 1.18 bits per heavy atom. The predicted octanol–water partition coefficient (Wildman–Crippen LogP) is 2.44. The molecule has 0 fully saturated rings. The first kappa shape index (κ1) is 13.9. The van der Waals surface area contributed by atoms with E-state index < -0.39 is 0 Å². The zero-order valence-corrected chi connectivity index (χ0v) is 12.3. The topological polar surface area (TPSA) is 72.7 Å². The van der Waals surface area contributed by atoms with Gasteiger partial charge in [-0.3, -0.25) is 9.78 Å². The Bertz CT molecular complexity index is 810. The van der Waals surface area contributed by atoms with Crippen LogP contribution in [0, 0.1) is 6.92 Å². The Labute approximate surface area is 127 Å². The fraction of sp³-hybridized carbons (Fsp3) is 0.125. The highest BCUT2D eigenvalue weighted by Crippen LogP contribution is 2.17. The number of aromatic nitrogens is 4. The van der Waals surface area contributed by atoms with Crippen LogP contribution in [-0.4, -0.2) is 25.4 Å². The molecule has 1 amide bonds. The summed E-state index contributed by atoms with van der Waals surface area (Å²) in [6, 6.07) is 7.12. The summed E-state index contributed by atoms with van der Waals surface area (Å²) < 4.78 is 1.87. The van der Waals surface area contributed by atoms with Gasteiger partial charge in [0.15, 0.2) is 5.82 Å². The number of hydrogen-bond acceptors (Lipinski definition) is 4. The Hall–Kier alpha value is -3.02. The van der Waals surface area contributed by atoms with E-state index in [-0.39, 0.29) is 5.91 Å². The van der Waals surface area contributed by atoms with Crippen LogP contribution < -0.4 is 5.32 Å². The van der Waals surface area contributed by atoms with Gasteiger partial charge < -0.3 is 9.88 Å². The maximum atomic E-state index is 12.4. The summed E-state index contributed by atoms with van der Waals surface area (Å²) in [4.78, 5) is 25.0. The largest absolute Gasteiger partial charge is 0.333 e. The lowest BCUT2D eigenvalue weighted by atomic mass is 10.2. The number of rotatable bonds is 3. The number of imidazole rings is 1. The van der Waals surface area contributed by atoms with Crippen LogP contribution in [0.25, 0.3) is 11.5 Å². The molecule has 110 valence electrons. The predicted molar refractivity (Wildman–Crippen MR) is 83.4 cm³/mol. The van der Waals surface area contributed by atoms with Crippen molar-refractivity contribution < 1.29 is 4.79 Å². The minimum absolute atomic E-state index is 0.259. The molecule has 0 aromatic carbocycles. The van der Waals surface area contributed by atoms with E-state index in [2.05, 4.69) is 20.3 Å². The highest BCUT2D eigenvalue weighted by molar-refractivity contribution is 6.03. The number of aryl methyl sites for hydroxylation is 2. The van der Waals surface area contributed by atoms with Gasteiger partial charge in [0, 0.05) is 37.5 Å². The van der Waals surface area contributed by atoms with Gasteiger partial charge in [0.2, 0.25) is 0 Å². The highest BCUT2D eigenvalue weighted by Gasteiger charge is 2.13. The molecule has 3 rings (SSSR count). The quantitative estimate of drug-likeness (QED) is 0.805. The standard InChI is InChI=1S/C16H15N5O/c1-11-9-13(15-18-7-8-21(15)2)20-14(10-11)16(22)19-12-3-5-17-6-4-12/h3-10H,1-2H3,(H,17,19,22). The van der Waals surface area contributed by atoms with Crippen molar-refractivity contribution in [2.24, 2.45) is 7.05 Å².